The van der Waals surface area contributed by atoms with Crippen molar-refractivity contribution in [3.05, 3.63) is 0 Å². The zero-order valence-corrected chi connectivity index (χ0v) is 6.27. The number of hydrogen-bond acceptors (Lipinski definition) is 2. The molecule has 0 radical (unpaired) electrons. The first-order valence-electron chi connectivity index (χ1n) is 3.16. The Kier molecular flexibility index (Phi) is 4.05. The number of rotatable bonds is 3. The Morgan fingerprint density at radius 3 is 2.56 bits per heavy atom. The van der Waals surface area contributed by atoms with Crippen LogP contribution in [0, 0.1) is 0 Å². The Balaban J connectivity index is 3.46. The number of carbonyl (C=O) groups excluding carboxylic acids is 1. The van der Waals surface area contributed by atoms with Gasteiger partial charge in [0.15, 0.2) is 0 Å². The van der Waals surface area contributed by atoms with Gasteiger partial charge in [-0.1, -0.05) is 6.92 Å². The molecule has 0 spiro atoms. The molecule has 0 saturated heterocycles. The third-order valence-corrected chi connectivity index (χ3v) is 1.17. The highest BCUT2D eigenvalue weighted by molar-refractivity contribution is 5.75. The number of nitrogens with one attached hydrogen (secondary N) is 1. The molecule has 54 valence electrons. The molecule has 0 unspecified atom stereocenters. The summed E-state index contributed by atoms with van der Waals surface area (Å²) in [6, 6.07) is 0. The molecule has 3 nitrogen and oxygen atoms in total. The van der Waals surface area contributed by atoms with Crippen LogP contribution < -0.4 is 5.43 Å². The lowest BCUT2D eigenvalue weighted by molar-refractivity contribution is -0.132. The molecule has 0 aliphatic carbocycles. The molecule has 0 aromatic heterocycles. The van der Waals surface area contributed by atoms with Crippen LogP contribution in [0.25, 0.3) is 0 Å². The van der Waals surface area contributed by atoms with Crippen molar-refractivity contribution in [2.24, 2.45) is 0 Å². The summed E-state index contributed by atoms with van der Waals surface area (Å²) < 4.78 is 0. The van der Waals surface area contributed by atoms with Crippen LogP contribution in [0.4, 0.5) is 0 Å². The van der Waals surface area contributed by atoms with Crippen molar-refractivity contribution in [2.45, 2.75) is 19.8 Å². The van der Waals surface area contributed by atoms with Crippen LogP contribution in [-0.4, -0.2) is 25.0 Å². The summed E-state index contributed by atoms with van der Waals surface area (Å²) in [5.41, 5.74) is 2.73. The molecule has 0 aromatic carbocycles. The Labute approximate surface area is 56.0 Å². The standard InChI is InChI=1S/C6H14N2O/c1-4-5-6(9)8(3)7-2/h7H,4-5H2,1-3H3. The van der Waals surface area contributed by atoms with Gasteiger partial charge in [-0.2, -0.15) is 0 Å². The van der Waals surface area contributed by atoms with Gasteiger partial charge < -0.3 is 0 Å². The first kappa shape index (κ1) is 8.43. The zero-order valence-electron chi connectivity index (χ0n) is 6.27. The van der Waals surface area contributed by atoms with Crippen molar-refractivity contribution in [3.63, 3.8) is 0 Å². The van der Waals surface area contributed by atoms with Gasteiger partial charge in [-0.15, -0.1) is 0 Å². The van der Waals surface area contributed by atoms with Crippen molar-refractivity contribution >= 4 is 5.91 Å². The SMILES string of the molecule is CCCC(=O)N(C)NC. The second-order valence-corrected chi connectivity index (χ2v) is 1.93. The van der Waals surface area contributed by atoms with Crippen LogP contribution in [0.5, 0.6) is 0 Å². The molecule has 9 heavy (non-hydrogen) atoms. The van der Waals surface area contributed by atoms with Gasteiger partial charge in [-0.3, -0.25) is 9.80 Å². The molecule has 0 saturated carbocycles. The number of hydrazine groups is 1. The lowest BCUT2D eigenvalue weighted by Gasteiger charge is -2.13. The number of hydrogen-bond donors (Lipinski definition) is 1. The first-order chi connectivity index (χ1) is 4.22. The zero-order chi connectivity index (χ0) is 7.28. The summed E-state index contributed by atoms with van der Waals surface area (Å²) in [6.45, 7) is 1.99. The molecule has 3 heteroatoms. The van der Waals surface area contributed by atoms with Crippen molar-refractivity contribution < 1.29 is 4.79 Å². The van der Waals surface area contributed by atoms with Gasteiger partial charge in [0, 0.05) is 20.5 Å². The highest BCUT2D eigenvalue weighted by Crippen LogP contribution is 1.89. The summed E-state index contributed by atoms with van der Waals surface area (Å²) in [5, 5.41) is 1.49. The maximum Gasteiger partial charge on any atom is 0.236 e. The third-order valence-electron chi connectivity index (χ3n) is 1.17. The van der Waals surface area contributed by atoms with Gasteiger partial charge in [0.2, 0.25) is 5.91 Å². The smallest absolute Gasteiger partial charge is 0.236 e. The van der Waals surface area contributed by atoms with E-state index in [1.165, 1.54) is 5.01 Å². The molecular weight excluding hydrogens is 116 g/mol. The molecule has 0 aliphatic rings. The molecule has 0 fully saturated rings. The number of amides is 1. The average molecular weight is 130 g/mol. The van der Waals surface area contributed by atoms with Crippen LogP contribution in [0.1, 0.15) is 19.8 Å². The molecule has 0 aliphatic heterocycles. The van der Waals surface area contributed by atoms with Crippen LogP contribution in [-0.2, 0) is 4.79 Å². The molecule has 0 rings (SSSR count). The van der Waals surface area contributed by atoms with E-state index in [2.05, 4.69) is 5.43 Å². The Bertz CT molecular complexity index is 93.1. The van der Waals surface area contributed by atoms with Crippen molar-refractivity contribution in [1.29, 1.82) is 0 Å². The molecule has 0 bridgehead atoms. The predicted octanol–water partition coefficient (Wildman–Crippen LogP) is 0.379. The molecule has 1 N–H and O–H groups in total. The average Bonchev–Trinajstić information content (AvgIpc) is 1.87. The second-order valence-electron chi connectivity index (χ2n) is 1.93. The first-order valence-corrected chi connectivity index (χ1v) is 3.16. The van der Waals surface area contributed by atoms with E-state index in [1.54, 1.807) is 14.1 Å². The quantitative estimate of drug-likeness (QED) is 0.560. The highest BCUT2D eigenvalue weighted by atomic mass is 16.2. The predicted molar refractivity (Wildman–Crippen MR) is 36.7 cm³/mol. The van der Waals surface area contributed by atoms with E-state index in [-0.39, 0.29) is 5.91 Å². The summed E-state index contributed by atoms with van der Waals surface area (Å²) in [5.74, 6) is 0.139. The minimum absolute atomic E-state index is 0.139. The van der Waals surface area contributed by atoms with E-state index in [9.17, 15) is 4.79 Å². The minimum atomic E-state index is 0.139. The van der Waals surface area contributed by atoms with E-state index in [4.69, 9.17) is 0 Å². The molecule has 0 heterocycles. The maximum absolute atomic E-state index is 10.8. The lowest BCUT2D eigenvalue weighted by Crippen LogP contribution is -2.36. The fraction of sp³-hybridized carbons (Fsp3) is 0.833. The minimum Gasteiger partial charge on any atom is -0.281 e. The van der Waals surface area contributed by atoms with Gasteiger partial charge >= 0.3 is 0 Å². The molecule has 0 aromatic rings. The third kappa shape index (κ3) is 3.08. The summed E-state index contributed by atoms with van der Waals surface area (Å²) in [7, 11) is 3.45. The van der Waals surface area contributed by atoms with Gasteiger partial charge in [0.1, 0.15) is 0 Å². The van der Waals surface area contributed by atoms with Gasteiger partial charge in [0.25, 0.3) is 0 Å². The van der Waals surface area contributed by atoms with Crippen LogP contribution in [0.15, 0.2) is 0 Å². The van der Waals surface area contributed by atoms with E-state index < -0.39 is 0 Å². The summed E-state index contributed by atoms with van der Waals surface area (Å²) in [4.78, 5) is 10.8. The van der Waals surface area contributed by atoms with Crippen LogP contribution in [0.3, 0.4) is 0 Å². The largest absolute Gasteiger partial charge is 0.281 e. The maximum atomic E-state index is 10.8. The number of nitrogens with zero attached hydrogens (tertiary/aromatic N) is 1. The highest BCUT2D eigenvalue weighted by Gasteiger charge is 2.02. The Hall–Kier alpha value is -0.570. The molecule has 1 amide bonds. The Morgan fingerprint density at radius 1 is 1.67 bits per heavy atom. The number of carbonyl (C=O) groups is 1. The topological polar surface area (TPSA) is 32.3 Å². The van der Waals surface area contributed by atoms with Crippen molar-refractivity contribution in [3.8, 4) is 0 Å². The fourth-order valence-corrected chi connectivity index (χ4v) is 0.506. The Morgan fingerprint density at radius 2 is 2.22 bits per heavy atom. The van der Waals surface area contributed by atoms with E-state index >= 15 is 0 Å². The van der Waals surface area contributed by atoms with E-state index in [0.29, 0.717) is 6.42 Å². The van der Waals surface area contributed by atoms with Crippen molar-refractivity contribution in [2.75, 3.05) is 14.1 Å². The summed E-state index contributed by atoms with van der Waals surface area (Å²) >= 11 is 0. The molecular formula is C6H14N2O. The second kappa shape index (κ2) is 4.32. The van der Waals surface area contributed by atoms with Crippen molar-refractivity contribution in [1.82, 2.24) is 10.4 Å². The van der Waals surface area contributed by atoms with Gasteiger partial charge in [-0.25, -0.2) is 5.43 Å². The lowest BCUT2D eigenvalue weighted by atomic mass is 10.3. The van der Waals surface area contributed by atoms with Gasteiger partial charge in [0.05, 0.1) is 0 Å². The van der Waals surface area contributed by atoms with Gasteiger partial charge in [-0.05, 0) is 6.42 Å². The van der Waals surface area contributed by atoms with E-state index in [1.807, 2.05) is 6.92 Å². The van der Waals surface area contributed by atoms with E-state index in [0.717, 1.165) is 6.42 Å². The normalized spacial score (nSPS) is 9.22. The summed E-state index contributed by atoms with van der Waals surface area (Å²) in [6.07, 6.45) is 1.53. The molecule has 0 atom stereocenters. The monoisotopic (exact) mass is 130 g/mol. The van der Waals surface area contributed by atoms with Crippen LogP contribution >= 0.6 is 0 Å². The van der Waals surface area contributed by atoms with Crippen LogP contribution in [0.2, 0.25) is 0 Å². The fourth-order valence-electron chi connectivity index (χ4n) is 0.506.